The Balaban J connectivity index is 2.16. The average molecular weight is 280 g/mol. The number of ether oxygens (including phenoxy) is 2. The molecule has 0 amide bonds. The van der Waals surface area contributed by atoms with Crippen LogP contribution < -0.4 is 4.74 Å². The number of hydrogen-bond acceptors (Lipinski definition) is 4. The van der Waals surface area contributed by atoms with E-state index in [9.17, 15) is 9.90 Å². The maximum Gasteiger partial charge on any atom is 0.308 e. The Bertz CT molecular complexity index is 386. The fourth-order valence-electron chi connectivity index (χ4n) is 1.91. The Kier molecular flexibility index (Phi) is 7.73. The van der Waals surface area contributed by atoms with Gasteiger partial charge in [-0.1, -0.05) is 25.5 Å². The second kappa shape index (κ2) is 9.37. The van der Waals surface area contributed by atoms with Gasteiger partial charge in [-0.3, -0.25) is 4.79 Å². The van der Waals surface area contributed by atoms with Crippen LogP contribution in [0, 0.1) is 0 Å². The van der Waals surface area contributed by atoms with Crippen molar-refractivity contribution >= 4 is 5.97 Å². The number of carbonyl (C=O) groups is 1. The summed E-state index contributed by atoms with van der Waals surface area (Å²) < 4.78 is 9.97. The van der Waals surface area contributed by atoms with Crippen LogP contribution in [0.3, 0.4) is 0 Å². The molecule has 0 saturated heterocycles. The minimum Gasteiger partial charge on any atom is -0.497 e. The standard InChI is InChI=1S/C16H24O4/c1-3-6-15(17)20-16(18)8-5-4-7-13-9-11-14(19-2)12-10-13/h9-12,15,17H,3-8H2,1-2H3. The summed E-state index contributed by atoms with van der Waals surface area (Å²) in [7, 11) is 1.65. The molecule has 0 fully saturated rings. The maximum atomic E-state index is 11.4. The number of aliphatic hydroxyl groups excluding tert-OH is 1. The summed E-state index contributed by atoms with van der Waals surface area (Å²) in [6, 6.07) is 7.93. The van der Waals surface area contributed by atoms with Crippen molar-refractivity contribution in [2.24, 2.45) is 0 Å². The second-order valence-corrected chi connectivity index (χ2v) is 4.79. The number of methoxy groups -OCH3 is 1. The van der Waals surface area contributed by atoms with Gasteiger partial charge in [-0.05, 0) is 37.0 Å². The molecule has 4 heteroatoms. The van der Waals surface area contributed by atoms with Crippen molar-refractivity contribution in [1.82, 2.24) is 0 Å². The molecule has 1 aromatic rings. The van der Waals surface area contributed by atoms with E-state index in [1.165, 1.54) is 5.56 Å². The minimum atomic E-state index is -0.950. The van der Waals surface area contributed by atoms with Crippen molar-refractivity contribution < 1.29 is 19.4 Å². The molecule has 4 nitrogen and oxygen atoms in total. The first-order chi connectivity index (χ1) is 9.65. The largest absolute Gasteiger partial charge is 0.497 e. The number of unbranched alkanes of at least 4 members (excludes halogenated alkanes) is 1. The first-order valence-corrected chi connectivity index (χ1v) is 7.16. The first-order valence-electron chi connectivity index (χ1n) is 7.16. The number of rotatable bonds is 9. The van der Waals surface area contributed by atoms with E-state index in [-0.39, 0.29) is 5.97 Å². The van der Waals surface area contributed by atoms with Crippen LogP contribution in [-0.2, 0) is 16.0 Å². The molecule has 1 aromatic carbocycles. The van der Waals surface area contributed by atoms with Crippen LogP contribution in [0.25, 0.3) is 0 Å². The molecule has 0 spiro atoms. The Labute approximate surface area is 120 Å². The Hall–Kier alpha value is -1.55. The molecule has 0 aliphatic rings. The van der Waals surface area contributed by atoms with Gasteiger partial charge in [0.1, 0.15) is 5.75 Å². The number of aliphatic hydroxyl groups is 1. The predicted molar refractivity (Wildman–Crippen MR) is 77.6 cm³/mol. The molecule has 0 aliphatic carbocycles. The van der Waals surface area contributed by atoms with Gasteiger partial charge in [0.2, 0.25) is 6.29 Å². The van der Waals surface area contributed by atoms with Gasteiger partial charge < -0.3 is 14.6 Å². The van der Waals surface area contributed by atoms with Gasteiger partial charge >= 0.3 is 5.97 Å². The van der Waals surface area contributed by atoms with E-state index in [4.69, 9.17) is 9.47 Å². The van der Waals surface area contributed by atoms with Gasteiger partial charge in [0.25, 0.3) is 0 Å². The Morgan fingerprint density at radius 3 is 2.55 bits per heavy atom. The third-order valence-corrected chi connectivity index (χ3v) is 3.06. The lowest BCUT2D eigenvalue weighted by atomic mass is 10.1. The van der Waals surface area contributed by atoms with E-state index in [1.807, 2.05) is 31.2 Å². The van der Waals surface area contributed by atoms with Gasteiger partial charge in [-0.2, -0.15) is 0 Å². The summed E-state index contributed by atoms with van der Waals surface area (Å²) in [5.74, 6) is 0.530. The second-order valence-electron chi connectivity index (χ2n) is 4.79. The highest BCUT2D eigenvalue weighted by molar-refractivity contribution is 5.69. The molecule has 1 unspecified atom stereocenters. The summed E-state index contributed by atoms with van der Waals surface area (Å²) in [4.78, 5) is 11.4. The highest BCUT2D eigenvalue weighted by Gasteiger charge is 2.09. The molecule has 0 aromatic heterocycles. The average Bonchev–Trinajstić information content (AvgIpc) is 2.44. The smallest absolute Gasteiger partial charge is 0.308 e. The van der Waals surface area contributed by atoms with Crippen LogP contribution >= 0.6 is 0 Å². The highest BCUT2D eigenvalue weighted by atomic mass is 16.6. The zero-order chi connectivity index (χ0) is 14.8. The molecular weight excluding hydrogens is 256 g/mol. The summed E-state index contributed by atoms with van der Waals surface area (Å²) in [6.07, 6.45) is 3.32. The van der Waals surface area contributed by atoms with Crippen LogP contribution in [0.2, 0.25) is 0 Å². The van der Waals surface area contributed by atoms with Crippen LogP contribution in [0.5, 0.6) is 5.75 Å². The molecular formula is C16H24O4. The summed E-state index contributed by atoms with van der Waals surface area (Å²) in [6.45, 7) is 1.94. The topological polar surface area (TPSA) is 55.8 Å². The van der Waals surface area contributed by atoms with E-state index < -0.39 is 6.29 Å². The SMILES string of the molecule is CCCC(O)OC(=O)CCCCc1ccc(OC)cc1. The quantitative estimate of drug-likeness (QED) is 0.429. The molecule has 0 aliphatic heterocycles. The Morgan fingerprint density at radius 1 is 1.25 bits per heavy atom. The summed E-state index contributed by atoms with van der Waals surface area (Å²) >= 11 is 0. The Morgan fingerprint density at radius 2 is 1.95 bits per heavy atom. The number of aryl methyl sites for hydroxylation is 1. The highest BCUT2D eigenvalue weighted by Crippen LogP contribution is 2.14. The van der Waals surface area contributed by atoms with Crippen LogP contribution in [0.15, 0.2) is 24.3 Å². The van der Waals surface area contributed by atoms with Crippen LogP contribution in [-0.4, -0.2) is 24.5 Å². The molecule has 0 heterocycles. The first kappa shape index (κ1) is 16.5. The van der Waals surface area contributed by atoms with E-state index in [0.29, 0.717) is 12.8 Å². The zero-order valence-electron chi connectivity index (χ0n) is 12.3. The van der Waals surface area contributed by atoms with Crippen molar-refractivity contribution in [3.8, 4) is 5.75 Å². The summed E-state index contributed by atoms with van der Waals surface area (Å²) in [5.41, 5.74) is 1.23. The lowest BCUT2D eigenvalue weighted by Gasteiger charge is -2.10. The summed E-state index contributed by atoms with van der Waals surface area (Å²) in [5, 5.41) is 9.35. The molecule has 1 N–H and O–H groups in total. The maximum absolute atomic E-state index is 11.4. The third kappa shape index (κ3) is 6.57. The van der Waals surface area contributed by atoms with E-state index >= 15 is 0 Å². The fraction of sp³-hybridized carbons (Fsp3) is 0.562. The van der Waals surface area contributed by atoms with Crippen LogP contribution in [0.1, 0.15) is 44.6 Å². The fourth-order valence-corrected chi connectivity index (χ4v) is 1.91. The molecule has 0 radical (unpaired) electrons. The van der Waals surface area contributed by atoms with Gasteiger partial charge in [-0.15, -0.1) is 0 Å². The molecule has 0 bridgehead atoms. The molecule has 20 heavy (non-hydrogen) atoms. The molecule has 1 atom stereocenters. The van der Waals surface area contributed by atoms with Crippen molar-refractivity contribution in [2.45, 2.75) is 51.7 Å². The van der Waals surface area contributed by atoms with Gasteiger partial charge in [-0.25, -0.2) is 0 Å². The number of esters is 1. The van der Waals surface area contributed by atoms with Gasteiger partial charge in [0, 0.05) is 12.8 Å². The van der Waals surface area contributed by atoms with Crippen molar-refractivity contribution in [3.63, 3.8) is 0 Å². The van der Waals surface area contributed by atoms with Crippen molar-refractivity contribution in [2.75, 3.05) is 7.11 Å². The molecule has 0 saturated carbocycles. The predicted octanol–water partition coefficient (Wildman–Crippen LogP) is 3.07. The minimum absolute atomic E-state index is 0.319. The third-order valence-electron chi connectivity index (χ3n) is 3.06. The lowest BCUT2D eigenvalue weighted by molar-refractivity contribution is -0.168. The lowest BCUT2D eigenvalue weighted by Crippen LogP contribution is -2.17. The number of carbonyl (C=O) groups excluding carboxylic acids is 1. The van der Waals surface area contributed by atoms with Crippen molar-refractivity contribution in [3.05, 3.63) is 29.8 Å². The molecule has 112 valence electrons. The normalized spacial score (nSPS) is 11.9. The van der Waals surface area contributed by atoms with Gasteiger partial charge in [0.05, 0.1) is 7.11 Å². The van der Waals surface area contributed by atoms with E-state index in [2.05, 4.69) is 0 Å². The van der Waals surface area contributed by atoms with E-state index in [0.717, 1.165) is 31.4 Å². The van der Waals surface area contributed by atoms with E-state index in [1.54, 1.807) is 7.11 Å². The van der Waals surface area contributed by atoms with Crippen molar-refractivity contribution in [1.29, 1.82) is 0 Å². The number of benzene rings is 1. The molecule has 1 rings (SSSR count). The van der Waals surface area contributed by atoms with Crippen LogP contribution in [0.4, 0.5) is 0 Å². The monoisotopic (exact) mass is 280 g/mol. The van der Waals surface area contributed by atoms with Gasteiger partial charge in [0.15, 0.2) is 0 Å². The zero-order valence-corrected chi connectivity index (χ0v) is 12.3. The number of hydrogen-bond donors (Lipinski definition) is 1.